The Balaban J connectivity index is 2.35. The van der Waals surface area contributed by atoms with Crippen molar-refractivity contribution >= 4 is 53.2 Å². The minimum atomic E-state index is -3.51. The lowest BCUT2D eigenvalue weighted by Crippen LogP contribution is -2.30. The van der Waals surface area contributed by atoms with Crippen LogP contribution in [0.3, 0.4) is 0 Å². The Bertz CT molecular complexity index is 741. The van der Waals surface area contributed by atoms with Crippen molar-refractivity contribution in [2.24, 2.45) is 0 Å². The van der Waals surface area contributed by atoms with Crippen LogP contribution in [0, 0.1) is 6.92 Å². The van der Waals surface area contributed by atoms with Gasteiger partial charge in [-0.15, -0.1) is 11.3 Å². The molecule has 0 aliphatic heterocycles. The first kappa shape index (κ1) is 17.1. The monoisotopic (exact) mass is 451 g/mol. The third kappa shape index (κ3) is 3.96. The molecule has 1 heterocycles. The molecule has 1 aromatic carbocycles. The van der Waals surface area contributed by atoms with Crippen molar-refractivity contribution < 1.29 is 8.42 Å². The molecule has 114 valence electrons. The molecule has 2 aromatic rings. The Labute approximate surface area is 146 Å². The minimum Gasteiger partial charge on any atom is -0.207 e. The van der Waals surface area contributed by atoms with Gasteiger partial charge in [0.05, 0.1) is 8.68 Å². The molecule has 0 bridgehead atoms. The number of halogens is 2. The number of benzene rings is 1. The SMILES string of the molecule is CCN(Cc1ccc(Br)s1)S(=O)(=O)c1ccc(C)cc1Br. The molecule has 0 atom stereocenters. The van der Waals surface area contributed by atoms with Crippen molar-refractivity contribution in [1.82, 2.24) is 4.31 Å². The zero-order valence-corrected chi connectivity index (χ0v) is 16.4. The molecule has 21 heavy (non-hydrogen) atoms. The van der Waals surface area contributed by atoms with Crippen LogP contribution in [0.2, 0.25) is 0 Å². The molecule has 2 rings (SSSR count). The average Bonchev–Trinajstić information content (AvgIpc) is 2.80. The van der Waals surface area contributed by atoms with Crippen molar-refractivity contribution in [2.75, 3.05) is 6.54 Å². The van der Waals surface area contributed by atoms with Gasteiger partial charge in [-0.3, -0.25) is 0 Å². The van der Waals surface area contributed by atoms with Gasteiger partial charge in [-0.25, -0.2) is 8.42 Å². The lowest BCUT2D eigenvalue weighted by atomic mass is 10.2. The van der Waals surface area contributed by atoms with E-state index in [-0.39, 0.29) is 0 Å². The lowest BCUT2D eigenvalue weighted by Gasteiger charge is -2.20. The number of aryl methyl sites for hydroxylation is 1. The standard InChI is InChI=1S/C14H15Br2NO2S2/c1-3-17(9-11-5-7-14(16)20-11)21(18,19)13-6-4-10(2)8-12(13)15/h4-8H,3,9H2,1-2H3. The first-order valence-electron chi connectivity index (χ1n) is 6.35. The molecule has 3 nitrogen and oxygen atoms in total. The van der Waals surface area contributed by atoms with Crippen molar-refractivity contribution in [3.8, 4) is 0 Å². The van der Waals surface area contributed by atoms with Gasteiger partial charge in [0.15, 0.2) is 0 Å². The largest absolute Gasteiger partial charge is 0.244 e. The fraction of sp³-hybridized carbons (Fsp3) is 0.286. The zero-order chi connectivity index (χ0) is 15.6. The second-order valence-corrected chi connectivity index (χ2v) is 9.88. The van der Waals surface area contributed by atoms with Gasteiger partial charge >= 0.3 is 0 Å². The Hall–Kier alpha value is -0.210. The van der Waals surface area contributed by atoms with Gasteiger partial charge in [-0.2, -0.15) is 4.31 Å². The minimum absolute atomic E-state index is 0.311. The molecule has 7 heteroatoms. The van der Waals surface area contributed by atoms with Gasteiger partial charge in [-0.05, 0) is 68.6 Å². The molecule has 0 radical (unpaired) electrons. The van der Waals surface area contributed by atoms with Crippen LogP contribution < -0.4 is 0 Å². The second-order valence-electron chi connectivity index (χ2n) is 4.57. The summed E-state index contributed by atoms with van der Waals surface area (Å²) in [7, 11) is -3.51. The Morgan fingerprint density at radius 1 is 1.19 bits per heavy atom. The normalized spacial score (nSPS) is 12.0. The summed E-state index contributed by atoms with van der Waals surface area (Å²) in [5.41, 5.74) is 1.02. The summed E-state index contributed by atoms with van der Waals surface area (Å²) >= 11 is 8.31. The fourth-order valence-corrected chi connectivity index (χ4v) is 6.09. The third-order valence-corrected chi connectivity index (χ3v) is 7.52. The summed E-state index contributed by atoms with van der Waals surface area (Å²) in [6.07, 6.45) is 0. The molecule has 0 saturated carbocycles. The van der Waals surface area contributed by atoms with Gasteiger partial charge in [0.1, 0.15) is 0 Å². The number of thiophene rings is 1. The van der Waals surface area contributed by atoms with Gasteiger partial charge < -0.3 is 0 Å². The van der Waals surface area contributed by atoms with Crippen molar-refractivity contribution in [1.29, 1.82) is 0 Å². The molecule has 0 fully saturated rings. The van der Waals surface area contributed by atoms with Crippen LogP contribution >= 0.6 is 43.2 Å². The number of nitrogens with zero attached hydrogens (tertiary/aromatic N) is 1. The molecule has 0 spiro atoms. The van der Waals surface area contributed by atoms with Crippen molar-refractivity contribution in [2.45, 2.75) is 25.3 Å². The summed E-state index contributed by atoms with van der Waals surface area (Å²) in [6, 6.07) is 9.16. The highest BCUT2D eigenvalue weighted by molar-refractivity contribution is 9.11. The van der Waals surface area contributed by atoms with E-state index in [1.54, 1.807) is 17.4 Å². The smallest absolute Gasteiger partial charge is 0.207 e. The summed E-state index contributed by atoms with van der Waals surface area (Å²) in [6.45, 7) is 4.60. The number of rotatable bonds is 5. The molecule has 0 amide bonds. The highest BCUT2D eigenvalue weighted by Crippen LogP contribution is 2.29. The Morgan fingerprint density at radius 3 is 2.43 bits per heavy atom. The predicted molar refractivity (Wildman–Crippen MR) is 94.2 cm³/mol. The van der Waals surface area contributed by atoms with E-state index in [9.17, 15) is 8.42 Å². The molecule has 0 aliphatic carbocycles. The maximum atomic E-state index is 12.8. The van der Waals surface area contributed by atoms with Gasteiger partial charge in [0.2, 0.25) is 10.0 Å². The molecule has 0 aliphatic rings. The van der Waals surface area contributed by atoms with E-state index in [1.165, 1.54) is 4.31 Å². The average molecular weight is 453 g/mol. The van der Waals surface area contributed by atoms with Crippen LogP contribution in [-0.2, 0) is 16.6 Å². The summed E-state index contributed by atoms with van der Waals surface area (Å²) in [5, 5.41) is 0. The van der Waals surface area contributed by atoms with Crippen molar-refractivity contribution in [3.05, 3.63) is 49.0 Å². The summed E-state index contributed by atoms with van der Waals surface area (Å²) in [5.74, 6) is 0. The van der Waals surface area contributed by atoms with E-state index in [0.717, 1.165) is 14.2 Å². The summed E-state index contributed by atoms with van der Waals surface area (Å²) < 4.78 is 28.7. The van der Waals surface area contributed by atoms with E-state index in [2.05, 4.69) is 31.9 Å². The van der Waals surface area contributed by atoms with Crippen LogP contribution in [0.25, 0.3) is 0 Å². The third-order valence-electron chi connectivity index (χ3n) is 3.02. The first-order chi connectivity index (χ1) is 9.84. The maximum absolute atomic E-state index is 12.8. The Kier molecular flexibility index (Phi) is 5.65. The molecule has 1 aromatic heterocycles. The van der Waals surface area contributed by atoms with Crippen LogP contribution in [0.1, 0.15) is 17.4 Å². The van der Waals surface area contributed by atoms with Gasteiger partial charge in [0.25, 0.3) is 0 Å². The first-order valence-corrected chi connectivity index (χ1v) is 10.2. The quantitative estimate of drug-likeness (QED) is 0.653. The van der Waals surface area contributed by atoms with Crippen molar-refractivity contribution in [3.63, 3.8) is 0 Å². The van der Waals surface area contributed by atoms with Crippen LogP contribution in [0.15, 0.2) is 43.5 Å². The number of hydrogen-bond donors (Lipinski definition) is 0. The topological polar surface area (TPSA) is 37.4 Å². The highest BCUT2D eigenvalue weighted by atomic mass is 79.9. The van der Waals surface area contributed by atoms with Crippen LogP contribution in [0.5, 0.6) is 0 Å². The van der Waals surface area contributed by atoms with Gasteiger partial charge in [-0.1, -0.05) is 13.0 Å². The van der Waals surface area contributed by atoms with E-state index in [1.807, 2.05) is 38.1 Å². The zero-order valence-electron chi connectivity index (χ0n) is 11.6. The number of sulfonamides is 1. The molecule has 0 unspecified atom stereocenters. The van der Waals surface area contributed by atoms with Crippen LogP contribution in [-0.4, -0.2) is 19.3 Å². The lowest BCUT2D eigenvalue weighted by molar-refractivity contribution is 0.426. The predicted octanol–water partition coefficient (Wildman–Crippen LogP) is 4.79. The number of hydrogen-bond acceptors (Lipinski definition) is 3. The van der Waals surface area contributed by atoms with E-state index in [0.29, 0.717) is 22.5 Å². The van der Waals surface area contributed by atoms with Gasteiger partial charge in [0, 0.05) is 22.4 Å². The van der Waals surface area contributed by atoms with E-state index < -0.39 is 10.0 Å². The van der Waals surface area contributed by atoms with E-state index >= 15 is 0 Å². The fourth-order valence-electron chi connectivity index (χ4n) is 1.93. The highest BCUT2D eigenvalue weighted by Gasteiger charge is 2.25. The van der Waals surface area contributed by atoms with Crippen LogP contribution in [0.4, 0.5) is 0 Å². The molecule has 0 N–H and O–H groups in total. The molecule has 0 saturated heterocycles. The molecular formula is C14H15Br2NO2S2. The molecular weight excluding hydrogens is 438 g/mol. The summed E-state index contributed by atoms with van der Waals surface area (Å²) in [4.78, 5) is 1.32. The second kappa shape index (κ2) is 6.91. The maximum Gasteiger partial charge on any atom is 0.244 e. The Morgan fingerprint density at radius 2 is 1.90 bits per heavy atom. The van der Waals surface area contributed by atoms with E-state index in [4.69, 9.17) is 0 Å².